The predicted molar refractivity (Wildman–Crippen MR) is 108 cm³/mol. The molecule has 0 amide bonds. The third-order valence-corrected chi connectivity index (χ3v) is 6.71. The first kappa shape index (κ1) is 19.8. The molecule has 0 aromatic heterocycles. The second-order valence-electron chi connectivity index (χ2n) is 8.65. The van der Waals surface area contributed by atoms with Crippen LogP contribution in [0.4, 0.5) is 0 Å². The van der Waals surface area contributed by atoms with E-state index in [0.717, 1.165) is 23.7 Å². The summed E-state index contributed by atoms with van der Waals surface area (Å²) in [6.45, 7) is 4.48. The molecule has 0 spiro atoms. The minimum Gasteiger partial charge on any atom is -0.0917 e. The second-order valence-corrected chi connectivity index (χ2v) is 8.65. The summed E-state index contributed by atoms with van der Waals surface area (Å²) in [7, 11) is 0. The van der Waals surface area contributed by atoms with E-state index in [0.29, 0.717) is 0 Å². The SMILES string of the molecule is CC=CCCC1CCC(CC=CCC2CCC(CCC)CC2)CC1. The minimum absolute atomic E-state index is 0.986. The molecule has 0 N–H and O–H groups in total. The van der Waals surface area contributed by atoms with Gasteiger partial charge in [-0.2, -0.15) is 0 Å². The standard InChI is InChI=1S/C24H42/c1-3-5-6-10-22-17-19-24(20-18-22)12-8-7-11-23-15-13-21(9-4-2)14-16-23/h3,5,7-8,21-24H,4,6,9-20H2,1-2H3. The van der Waals surface area contributed by atoms with Crippen LogP contribution in [0, 0.1) is 23.7 Å². The normalized spacial score (nSPS) is 31.9. The van der Waals surface area contributed by atoms with Crippen LogP contribution >= 0.6 is 0 Å². The molecule has 0 nitrogen and oxygen atoms in total. The largest absolute Gasteiger partial charge is 0.0917 e. The Bertz CT molecular complexity index is 348. The van der Waals surface area contributed by atoms with Crippen LogP contribution in [0.15, 0.2) is 24.3 Å². The van der Waals surface area contributed by atoms with Gasteiger partial charge in [-0.05, 0) is 82.0 Å². The lowest BCUT2D eigenvalue weighted by atomic mass is 9.78. The van der Waals surface area contributed by atoms with Gasteiger partial charge in [0, 0.05) is 0 Å². The molecule has 0 aliphatic heterocycles. The monoisotopic (exact) mass is 330 g/mol. The van der Waals surface area contributed by atoms with E-state index in [-0.39, 0.29) is 0 Å². The Morgan fingerprint density at radius 3 is 1.54 bits per heavy atom. The van der Waals surface area contributed by atoms with Crippen molar-refractivity contribution in [3.8, 4) is 0 Å². The molecule has 2 fully saturated rings. The van der Waals surface area contributed by atoms with E-state index in [9.17, 15) is 0 Å². The van der Waals surface area contributed by atoms with E-state index in [1.165, 1.54) is 89.9 Å². The fourth-order valence-corrected chi connectivity index (χ4v) is 5.00. The van der Waals surface area contributed by atoms with Crippen molar-refractivity contribution < 1.29 is 0 Å². The van der Waals surface area contributed by atoms with Gasteiger partial charge in [0.15, 0.2) is 0 Å². The van der Waals surface area contributed by atoms with Crippen LogP contribution in [0.1, 0.15) is 104 Å². The fourth-order valence-electron chi connectivity index (χ4n) is 5.00. The molecule has 138 valence electrons. The molecule has 0 heteroatoms. The highest BCUT2D eigenvalue weighted by molar-refractivity contribution is 4.89. The Morgan fingerprint density at radius 2 is 1.08 bits per heavy atom. The van der Waals surface area contributed by atoms with E-state index in [1.807, 2.05) is 0 Å². The molecule has 0 aromatic carbocycles. The highest BCUT2D eigenvalue weighted by Gasteiger charge is 2.21. The van der Waals surface area contributed by atoms with E-state index in [4.69, 9.17) is 0 Å². The number of rotatable bonds is 9. The third kappa shape index (κ3) is 7.58. The van der Waals surface area contributed by atoms with Gasteiger partial charge in [0.1, 0.15) is 0 Å². The molecule has 0 atom stereocenters. The Labute approximate surface area is 152 Å². The Balaban J connectivity index is 1.52. The zero-order chi connectivity index (χ0) is 17.0. The van der Waals surface area contributed by atoms with Crippen LogP contribution in [-0.4, -0.2) is 0 Å². The molecule has 2 saturated carbocycles. The molecular formula is C24H42. The van der Waals surface area contributed by atoms with Gasteiger partial charge in [-0.1, -0.05) is 69.8 Å². The first-order chi connectivity index (χ1) is 11.8. The van der Waals surface area contributed by atoms with Crippen molar-refractivity contribution in [1.29, 1.82) is 0 Å². The predicted octanol–water partition coefficient (Wildman–Crippen LogP) is 8.09. The smallest absolute Gasteiger partial charge is 0.0322 e. The first-order valence-corrected chi connectivity index (χ1v) is 11.1. The van der Waals surface area contributed by atoms with Gasteiger partial charge in [-0.3, -0.25) is 0 Å². The molecule has 0 saturated heterocycles. The Hall–Kier alpha value is -0.520. The molecule has 0 unspecified atom stereocenters. The van der Waals surface area contributed by atoms with Gasteiger partial charge in [0.2, 0.25) is 0 Å². The van der Waals surface area contributed by atoms with Crippen LogP contribution in [0.5, 0.6) is 0 Å². The molecule has 0 aromatic rings. The van der Waals surface area contributed by atoms with E-state index in [1.54, 1.807) is 0 Å². The van der Waals surface area contributed by atoms with E-state index in [2.05, 4.69) is 38.2 Å². The lowest BCUT2D eigenvalue weighted by Gasteiger charge is -2.28. The van der Waals surface area contributed by atoms with E-state index < -0.39 is 0 Å². The second kappa shape index (κ2) is 11.9. The molecule has 0 heterocycles. The maximum Gasteiger partial charge on any atom is -0.0322 e. The minimum atomic E-state index is 0.986. The Morgan fingerprint density at radius 1 is 0.625 bits per heavy atom. The van der Waals surface area contributed by atoms with Crippen molar-refractivity contribution in [3.63, 3.8) is 0 Å². The number of allylic oxidation sites excluding steroid dienone is 4. The zero-order valence-corrected chi connectivity index (χ0v) is 16.5. The summed E-state index contributed by atoms with van der Waals surface area (Å²) in [4.78, 5) is 0. The van der Waals surface area contributed by atoms with Crippen molar-refractivity contribution in [3.05, 3.63) is 24.3 Å². The third-order valence-electron chi connectivity index (χ3n) is 6.71. The maximum absolute atomic E-state index is 2.53. The zero-order valence-electron chi connectivity index (χ0n) is 16.5. The highest BCUT2D eigenvalue weighted by atomic mass is 14.3. The van der Waals surface area contributed by atoms with Gasteiger partial charge < -0.3 is 0 Å². The summed E-state index contributed by atoms with van der Waals surface area (Å²) in [5, 5.41) is 0. The van der Waals surface area contributed by atoms with Crippen molar-refractivity contribution in [2.45, 2.75) is 104 Å². The summed E-state index contributed by atoms with van der Waals surface area (Å²) >= 11 is 0. The van der Waals surface area contributed by atoms with Crippen LogP contribution in [0.2, 0.25) is 0 Å². The Kier molecular flexibility index (Phi) is 9.85. The number of hydrogen-bond acceptors (Lipinski definition) is 0. The molecule has 0 radical (unpaired) electrons. The van der Waals surface area contributed by atoms with Crippen LogP contribution in [-0.2, 0) is 0 Å². The lowest BCUT2D eigenvalue weighted by Crippen LogP contribution is -2.14. The van der Waals surface area contributed by atoms with Crippen LogP contribution in [0.25, 0.3) is 0 Å². The average molecular weight is 331 g/mol. The van der Waals surface area contributed by atoms with Gasteiger partial charge in [-0.15, -0.1) is 0 Å². The topological polar surface area (TPSA) is 0 Å². The molecule has 2 aliphatic rings. The quantitative estimate of drug-likeness (QED) is 0.375. The van der Waals surface area contributed by atoms with Crippen molar-refractivity contribution >= 4 is 0 Å². The molecular weight excluding hydrogens is 288 g/mol. The molecule has 0 bridgehead atoms. The number of hydrogen-bond donors (Lipinski definition) is 0. The highest BCUT2D eigenvalue weighted by Crippen LogP contribution is 2.35. The summed E-state index contributed by atoms with van der Waals surface area (Å²) in [5.74, 6) is 4.05. The van der Waals surface area contributed by atoms with Crippen molar-refractivity contribution in [2.75, 3.05) is 0 Å². The average Bonchev–Trinajstić information content (AvgIpc) is 2.62. The van der Waals surface area contributed by atoms with Gasteiger partial charge in [-0.25, -0.2) is 0 Å². The summed E-state index contributed by atoms with van der Waals surface area (Å²) in [5.41, 5.74) is 0. The lowest BCUT2D eigenvalue weighted by molar-refractivity contribution is 0.261. The molecule has 24 heavy (non-hydrogen) atoms. The van der Waals surface area contributed by atoms with Crippen molar-refractivity contribution in [1.82, 2.24) is 0 Å². The maximum atomic E-state index is 2.53. The van der Waals surface area contributed by atoms with Crippen LogP contribution in [0.3, 0.4) is 0 Å². The van der Waals surface area contributed by atoms with Gasteiger partial charge >= 0.3 is 0 Å². The van der Waals surface area contributed by atoms with Gasteiger partial charge in [0.05, 0.1) is 0 Å². The van der Waals surface area contributed by atoms with Crippen molar-refractivity contribution in [2.24, 2.45) is 23.7 Å². The first-order valence-electron chi connectivity index (χ1n) is 11.1. The van der Waals surface area contributed by atoms with Crippen LogP contribution < -0.4 is 0 Å². The summed E-state index contributed by atoms with van der Waals surface area (Å²) in [6, 6.07) is 0. The molecule has 2 rings (SSSR count). The molecule has 2 aliphatic carbocycles. The summed E-state index contributed by atoms with van der Waals surface area (Å²) in [6.07, 6.45) is 29.8. The fraction of sp³-hybridized carbons (Fsp3) is 0.833. The van der Waals surface area contributed by atoms with Gasteiger partial charge in [0.25, 0.3) is 0 Å². The summed E-state index contributed by atoms with van der Waals surface area (Å²) < 4.78 is 0. The van der Waals surface area contributed by atoms with E-state index >= 15 is 0 Å².